The van der Waals surface area contributed by atoms with E-state index >= 15 is 0 Å². The molecule has 2 amide bonds. The van der Waals surface area contributed by atoms with Crippen LogP contribution in [-0.4, -0.2) is 52.3 Å². The standard InChI is InChI=1S/C20H16Cl4N4O7/c1-2-35-19(34)28(14-5-3-10(22)7-12(14)24)15-6-4-11(23)8-13(15)26-27-20(17(30)31,18(32)33)25-16(29)9-21/h3-8H,2,9H2,1H3,(H,25,29)(H,30,31)(H,32,33). The third-order valence-electron chi connectivity index (χ3n) is 4.15. The van der Waals surface area contributed by atoms with E-state index in [1.807, 2.05) is 0 Å². The van der Waals surface area contributed by atoms with Gasteiger partial charge < -0.3 is 20.3 Å². The van der Waals surface area contributed by atoms with E-state index in [2.05, 4.69) is 10.2 Å². The molecule has 2 rings (SSSR count). The molecule has 0 aliphatic rings. The fourth-order valence-electron chi connectivity index (χ4n) is 2.62. The maximum atomic E-state index is 12.9. The summed E-state index contributed by atoms with van der Waals surface area (Å²) in [6, 6.07) is 8.10. The van der Waals surface area contributed by atoms with E-state index in [4.69, 9.17) is 51.1 Å². The number of alkyl halides is 1. The number of hydrogen-bond acceptors (Lipinski definition) is 7. The number of nitrogens with one attached hydrogen (secondary N) is 1. The van der Waals surface area contributed by atoms with Gasteiger partial charge in [0.2, 0.25) is 5.91 Å². The molecule has 0 saturated heterocycles. The number of ether oxygens (including phenoxy) is 1. The molecule has 0 radical (unpaired) electrons. The lowest BCUT2D eigenvalue weighted by atomic mass is 10.2. The van der Waals surface area contributed by atoms with Gasteiger partial charge in [-0.3, -0.25) is 4.79 Å². The quantitative estimate of drug-likeness (QED) is 0.213. The summed E-state index contributed by atoms with van der Waals surface area (Å²) in [6.45, 7) is 1.55. The van der Waals surface area contributed by atoms with Crippen molar-refractivity contribution in [3.05, 3.63) is 51.5 Å². The number of aliphatic carboxylic acids is 2. The van der Waals surface area contributed by atoms with Gasteiger partial charge in [-0.25, -0.2) is 19.3 Å². The van der Waals surface area contributed by atoms with Crippen molar-refractivity contribution in [2.45, 2.75) is 12.6 Å². The van der Waals surface area contributed by atoms with Crippen molar-refractivity contribution in [3.8, 4) is 0 Å². The first kappa shape index (κ1) is 28.1. The zero-order chi connectivity index (χ0) is 26.3. The first-order valence-electron chi connectivity index (χ1n) is 9.45. The lowest BCUT2D eigenvalue weighted by molar-refractivity contribution is -0.160. The highest BCUT2D eigenvalue weighted by Gasteiger charge is 2.49. The molecule has 0 atom stereocenters. The summed E-state index contributed by atoms with van der Waals surface area (Å²) in [7, 11) is 0. The summed E-state index contributed by atoms with van der Waals surface area (Å²) in [5, 5.41) is 28.2. The topological polar surface area (TPSA) is 158 Å². The van der Waals surface area contributed by atoms with Crippen molar-refractivity contribution in [2.24, 2.45) is 10.2 Å². The van der Waals surface area contributed by atoms with Crippen LogP contribution in [0.4, 0.5) is 21.9 Å². The first-order chi connectivity index (χ1) is 16.5. The summed E-state index contributed by atoms with van der Waals surface area (Å²) < 4.78 is 5.10. The number of hydrogen-bond donors (Lipinski definition) is 3. The zero-order valence-corrected chi connectivity index (χ0v) is 20.7. The predicted molar refractivity (Wildman–Crippen MR) is 128 cm³/mol. The van der Waals surface area contributed by atoms with Gasteiger partial charge in [0.1, 0.15) is 11.6 Å². The van der Waals surface area contributed by atoms with Crippen LogP contribution >= 0.6 is 46.4 Å². The van der Waals surface area contributed by atoms with E-state index in [1.165, 1.54) is 36.4 Å². The van der Waals surface area contributed by atoms with Crippen LogP contribution in [0, 0.1) is 0 Å². The Kier molecular flexibility index (Phi) is 9.66. The van der Waals surface area contributed by atoms with Gasteiger partial charge in [-0.05, 0) is 43.3 Å². The normalized spacial score (nSPS) is 11.2. The molecule has 11 nitrogen and oxygen atoms in total. The van der Waals surface area contributed by atoms with Gasteiger partial charge >= 0.3 is 23.7 Å². The zero-order valence-electron chi connectivity index (χ0n) is 17.7. The molecule has 0 unspecified atom stereocenters. The number of carboxylic acids is 2. The van der Waals surface area contributed by atoms with Crippen LogP contribution in [0.2, 0.25) is 15.1 Å². The number of azo groups is 1. The molecule has 35 heavy (non-hydrogen) atoms. The Morgan fingerprint density at radius 3 is 2.09 bits per heavy atom. The highest BCUT2D eigenvalue weighted by molar-refractivity contribution is 6.37. The van der Waals surface area contributed by atoms with Crippen LogP contribution in [0.5, 0.6) is 0 Å². The number of carboxylic acid groups (broad SMARTS) is 2. The minimum atomic E-state index is -3.22. The fourth-order valence-corrected chi connectivity index (χ4v) is 3.34. The Balaban J connectivity index is 2.75. The van der Waals surface area contributed by atoms with E-state index in [0.29, 0.717) is 0 Å². The summed E-state index contributed by atoms with van der Waals surface area (Å²) in [5.74, 6) is -5.99. The minimum absolute atomic E-state index is 0.0173. The molecule has 0 saturated carbocycles. The molecule has 186 valence electrons. The molecule has 15 heteroatoms. The molecule has 0 spiro atoms. The SMILES string of the molecule is CCOC(=O)N(c1ccc(Cl)cc1Cl)c1ccc(Cl)cc1N=NC(NC(=O)CCl)(C(=O)O)C(=O)O. The number of nitrogens with zero attached hydrogens (tertiary/aromatic N) is 3. The second-order valence-electron chi connectivity index (χ2n) is 6.47. The molecule has 0 aromatic heterocycles. The average Bonchev–Trinajstić information content (AvgIpc) is 2.78. The Hall–Kier alpha value is -3.12. The van der Waals surface area contributed by atoms with Gasteiger partial charge in [0.05, 0.1) is 23.0 Å². The van der Waals surface area contributed by atoms with Crippen LogP contribution in [-0.2, 0) is 19.1 Å². The summed E-state index contributed by atoms with van der Waals surface area (Å²) in [4.78, 5) is 49.1. The van der Waals surface area contributed by atoms with E-state index in [1.54, 1.807) is 12.2 Å². The Labute approximate surface area is 218 Å². The molecule has 0 heterocycles. The van der Waals surface area contributed by atoms with Crippen molar-refractivity contribution in [2.75, 3.05) is 17.4 Å². The molecule has 0 fully saturated rings. The van der Waals surface area contributed by atoms with Gasteiger partial charge in [-0.15, -0.1) is 16.7 Å². The molecule has 0 aliphatic carbocycles. The smallest absolute Gasteiger partial charge is 0.419 e. The third-order valence-corrected chi connectivity index (χ3v) is 5.16. The fraction of sp³-hybridized carbons (Fsp3) is 0.200. The Morgan fingerprint density at radius 2 is 1.57 bits per heavy atom. The van der Waals surface area contributed by atoms with Crippen molar-refractivity contribution in [1.82, 2.24) is 5.32 Å². The number of carbonyl (C=O) groups is 4. The summed E-state index contributed by atoms with van der Waals surface area (Å²) in [6.07, 6.45) is -0.909. The van der Waals surface area contributed by atoms with Crippen molar-refractivity contribution < 1.29 is 34.1 Å². The van der Waals surface area contributed by atoms with Gasteiger partial charge in [-0.2, -0.15) is 5.11 Å². The minimum Gasteiger partial charge on any atom is -0.478 e. The van der Waals surface area contributed by atoms with Crippen LogP contribution in [0.25, 0.3) is 0 Å². The third kappa shape index (κ3) is 6.51. The predicted octanol–water partition coefficient (Wildman–Crippen LogP) is 5.25. The monoisotopic (exact) mass is 564 g/mol. The van der Waals surface area contributed by atoms with Crippen LogP contribution in [0.15, 0.2) is 46.6 Å². The van der Waals surface area contributed by atoms with Crippen molar-refractivity contribution in [3.63, 3.8) is 0 Å². The molecule has 2 aromatic rings. The summed E-state index contributed by atoms with van der Waals surface area (Å²) >= 11 is 23.6. The van der Waals surface area contributed by atoms with Crippen molar-refractivity contribution in [1.29, 1.82) is 0 Å². The van der Waals surface area contributed by atoms with Gasteiger partial charge in [-0.1, -0.05) is 34.8 Å². The second-order valence-corrected chi connectivity index (χ2v) is 8.01. The lowest BCUT2D eigenvalue weighted by Gasteiger charge is -2.25. The number of benzene rings is 2. The highest BCUT2D eigenvalue weighted by atomic mass is 35.5. The maximum Gasteiger partial charge on any atom is 0.419 e. The van der Waals surface area contributed by atoms with Crippen LogP contribution in [0.3, 0.4) is 0 Å². The van der Waals surface area contributed by atoms with Crippen molar-refractivity contribution >= 4 is 87.4 Å². The van der Waals surface area contributed by atoms with Crippen LogP contribution in [0.1, 0.15) is 6.92 Å². The Bertz CT molecular complexity index is 1180. The Morgan fingerprint density at radius 1 is 1.00 bits per heavy atom. The van der Waals surface area contributed by atoms with Gasteiger partial charge in [0.25, 0.3) is 0 Å². The average molecular weight is 566 g/mol. The lowest BCUT2D eigenvalue weighted by Crippen LogP contribution is -2.59. The maximum absolute atomic E-state index is 12.9. The number of carbonyl (C=O) groups excluding carboxylic acids is 2. The molecule has 2 aromatic carbocycles. The first-order valence-corrected chi connectivity index (χ1v) is 11.1. The van der Waals surface area contributed by atoms with E-state index in [-0.39, 0.29) is 38.7 Å². The van der Waals surface area contributed by atoms with E-state index in [9.17, 15) is 29.4 Å². The highest BCUT2D eigenvalue weighted by Crippen LogP contribution is 2.40. The number of halogens is 4. The molecular formula is C20H16Cl4N4O7. The van der Waals surface area contributed by atoms with Crippen LogP contribution < -0.4 is 10.2 Å². The van der Waals surface area contributed by atoms with Gasteiger partial charge in [0, 0.05) is 10.0 Å². The molecule has 3 N–H and O–H groups in total. The van der Waals surface area contributed by atoms with E-state index < -0.39 is 35.5 Å². The molecular weight excluding hydrogens is 550 g/mol. The number of anilines is 2. The molecule has 0 bridgehead atoms. The van der Waals surface area contributed by atoms with Gasteiger partial charge in [0.15, 0.2) is 0 Å². The molecule has 0 aliphatic heterocycles. The summed E-state index contributed by atoms with van der Waals surface area (Å²) in [5.41, 5.74) is -3.44. The second kappa shape index (κ2) is 12.0. The number of rotatable bonds is 9. The van der Waals surface area contributed by atoms with E-state index in [0.717, 1.165) is 4.90 Å². The number of amides is 2. The largest absolute Gasteiger partial charge is 0.478 e.